The molecule has 4 rings (SSSR count). The maximum absolute atomic E-state index is 12.8. The number of hydrogen-bond donors (Lipinski definition) is 0. The first-order valence-electron chi connectivity index (χ1n) is 11.4. The van der Waals surface area contributed by atoms with Gasteiger partial charge in [-0.3, -0.25) is 14.5 Å². The Kier molecular flexibility index (Phi) is 7.92. The maximum Gasteiger partial charge on any atom is 0.326 e. The molecule has 0 saturated carbocycles. The van der Waals surface area contributed by atoms with Crippen LogP contribution >= 0.6 is 11.3 Å². The van der Waals surface area contributed by atoms with Gasteiger partial charge in [-0.2, -0.15) is 0 Å². The number of thiazole rings is 1. The number of aromatic nitrogens is 1. The summed E-state index contributed by atoms with van der Waals surface area (Å²) < 4.78 is 16.4. The number of anilines is 1. The minimum Gasteiger partial charge on any atom is -0.479 e. The van der Waals surface area contributed by atoms with Gasteiger partial charge in [0.1, 0.15) is 18.9 Å². The summed E-state index contributed by atoms with van der Waals surface area (Å²) in [7, 11) is 0. The Morgan fingerprint density at radius 1 is 1.15 bits per heavy atom. The average molecular weight is 481 g/mol. The van der Waals surface area contributed by atoms with Gasteiger partial charge in [0.2, 0.25) is 0 Å². The molecule has 2 heterocycles. The summed E-state index contributed by atoms with van der Waals surface area (Å²) in [5.74, 6) is -0.223. The molecule has 7 nitrogen and oxygen atoms in total. The number of carbonyl (C=O) groups is 2. The molecule has 0 saturated heterocycles. The van der Waals surface area contributed by atoms with E-state index in [9.17, 15) is 9.59 Å². The van der Waals surface area contributed by atoms with Crippen molar-refractivity contribution in [2.24, 2.45) is 0 Å². The van der Waals surface area contributed by atoms with Crippen LogP contribution in [0.2, 0.25) is 0 Å². The van der Waals surface area contributed by atoms with Crippen molar-refractivity contribution in [2.75, 3.05) is 31.3 Å². The number of benzene rings is 2. The van der Waals surface area contributed by atoms with Crippen molar-refractivity contribution < 1.29 is 23.8 Å². The first-order chi connectivity index (χ1) is 16.5. The van der Waals surface area contributed by atoms with Crippen molar-refractivity contribution in [3.8, 4) is 17.0 Å². The van der Waals surface area contributed by atoms with Crippen molar-refractivity contribution in [3.63, 3.8) is 0 Å². The van der Waals surface area contributed by atoms with Crippen LogP contribution in [0.25, 0.3) is 11.3 Å². The molecule has 3 aromatic rings. The topological polar surface area (TPSA) is 78.0 Å². The third-order valence-corrected chi connectivity index (χ3v) is 6.19. The fourth-order valence-electron chi connectivity index (χ4n) is 3.66. The molecular weight excluding hydrogens is 452 g/mol. The predicted molar refractivity (Wildman–Crippen MR) is 131 cm³/mol. The molecule has 1 aromatic heterocycles. The van der Waals surface area contributed by atoms with E-state index in [1.165, 1.54) is 10.5 Å². The normalized spacial score (nSPS) is 15.1. The van der Waals surface area contributed by atoms with E-state index in [1.54, 1.807) is 18.3 Å². The number of fused-ring (bicyclic) bond motifs is 1. The van der Waals surface area contributed by atoms with Crippen LogP contribution in [0.15, 0.2) is 53.9 Å². The molecule has 178 valence electrons. The highest BCUT2D eigenvalue weighted by molar-refractivity contribution is 7.10. The zero-order chi connectivity index (χ0) is 23.9. The highest BCUT2D eigenvalue weighted by Gasteiger charge is 2.33. The van der Waals surface area contributed by atoms with Crippen LogP contribution in [-0.2, 0) is 25.5 Å². The summed E-state index contributed by atoms with van der Waals surface area (Å²) >= 11 is 1.59. The van der Waals surface area contributed by atoms with Crippen LogP contribution in [0.5, 0.6) is 5.75 Å². The number of nitrogens with zero attached hydrogens (tertiary/aromatic N) is 2. The van der Waals surface area contributed by atoms with E-state index in [0.717, 1.165) is 29.1 Å². The number of rotatable bonds is 10. The summed E-state index contributed by atoms with van der Waals surface area (Å²) in [6, 6.07) is 15.8. The Bertz CT molecular complexity index is 1130. The smallest absolute Gasteiger partial charge is 0.326 e. The van der Waals surface area contributed by atoms with Gasteiger partial charge in [-0.25, -0.2) is 4.98 Å². The summed E-state index contributed by atoms with van der Waals surface area (Å²) in [5.41, 5.74) is 3.41. The van der Waals surface area contributed by atoms with Crippen LogP contribution in [0.4, 0.5) is 5.69 Å². The zero-order valence-corrected chi connectivity index (χ0v) is 20.2. The van der Waals surface area contributed by atoms with Crippen LogP contribution < -0.4 is 9.64 Å². The molecule has 1 atom stereocenters. The van der Waals surface area contributed by atoms with Crippen LogP contribution in [0, 0.1) is 0 Å². The lowest BCUT2D eigenvalue weighted by molar-refractivity contribution is -0.144. The van der Waals surface area contributed by atoms with Crippen LogP contribution in [0.1, 0.15) is 30.8 Å². The highest BCUT2D eigenvalue weighted by Crippen LogP contribution is 2.38. The Morgan fingerprint density at radius 3 is 2.76 bits per heavy atom. The van der Waals surface area contributed by atoms with Crippen molar-refractivity contribution in [2.45, 2.75) is 32.8 Å². The molecular formula is C26H28N2O5S. The molecule has 0 fully saturated rings. The molecule has 1 amide bonds. The second-order valence-corrected chi connectivity index (χ2v) is 8.93. The van der Waals surface area contributed by atoms with Gasteiger partial charge < -0.3 is 14.2 Å². The molecule has 2 aromatic carbocycles. The lowest BCUT2D eigenvalue weighted by Crippen LogP contribution is -2.47. The van der Waals surface area contributed by atoms with Gasteiger partial charge in [0.25, 0.3) is 5.91 Å². The van der Waals surface area contributed by atoms with E-state index in [-0.39, 0.29) is 19.1 Å². The van der Waals surface area contributed by atoms with Crippen molar-refractivity contribution in [1.82, 2.24) is 4.98 Å². The Balaban J connectivity index is 1.49. The molecule has 0 N–H and O–H groups in total. The number of hydrogen-bond acceptors (Lipinski definition) is 7. The first-order valence-corrected chi connectivity index (χ1v) is 12.3. The SMILES string of the molecule is CCCOCCOC(=O)CN1C(=O)C(C)Oc2ccc(-c3csc(Cc4ccccc4)n3)cc21. The van der Waals surface area contributed by atoms with Crippen molar-refractivity contribution >= 4 is 28.9 Å². The number of ether oxygens (including phenoxy) is 3. The fraction of sp³-hybridized carbons (Fsp3) is 0.346. The number of amides is 1. The third kappa shape index (κ3) is 5.81. The minimum absolute atomic E-state index is 0.156. The molecule has 1 aliphatic heterocycles. The van der Waals surface area contributed by atoms with Gasteiger partial charge in [-0.15, -0.1) is 11.3 Å². The zero-order valence-electron chi connectivity index (χ0n) is 19.4. The van der Waals surface area contributed by atoms with Crippen molar-refractivity contribution in [1.29, 1.82) is 0 Å². The summed E-state index contributed by atoms with van der Waals surface area (Å²) in [6.45, 7) is 4.61. The van der Waals surface area contributed by atoms with Crippen LogP contribution in [0.3, 0.4) is 0 Å². The third-order valence-electron chi connectivity index (χ3n) is 5.34. The molecule has 0 spiro atoms. The summed E-state index contributed by atoms with van der Waals surface area (Å²) in [4.78, 5) is 31.5. The first kappa shape index (κ1) is 23.9. The minimum atomic E-state index is -0.684. The fourth-order valence-corrected chi connectivity index (χ4v) is 4.50. The van der Waals surface area contributed by atoms with Gasteiger partial charge in [0.05, 0.1) is 23.0 Å². The molecule has 1 unspecified atom stereocenters. The molecule has 0 bridgehead atoms. The second kappa shape index (κ2) is 11.3. The predicted octanol–water partition coefficient (Wildman–Crippen LogP) is 4.48. The molecule has 0 radical (unpaired) electrons. The molecule has 1 aliphatic rings. The van der Waals surface area contributed by atoms with Gasteiger partial charge >= 0.3 is 5.97 Å². The second-order valence-electron chi connectivity index (χ2n) is 7.99. The van der Waals surface area contributed by atoms with Gasteiger partial charge in [-0.05, 0) is 37.1 Å². The van der Waals surface area contributed by atoms with E-state index in [0.29, 0.717) is 24.7 Å². The van der Waals surface area contributed by atoms with E-state index < -0.39 is 12.1 Å². The molecule has 8 heteroatoms. The monoisotopic (exact) mass is 480 g/mol. The lowest BCUT2D eigenvalue weighted by Gasteiger charge is -2.32. The molecule has 34 heavy (non-hydrogen) atoms. The number of esters is 1. The lowest BCUT2D eigenvalue weighted by atomic mass is 10.1. The van der Waals surface area contributed by atoms with Gasteiger partial charge in [-0.1, -0.05) is 37.3 Å². The average Bonchev–Trinajstić information content (AvgIpc) is 3.31. The summed E-state index contributed by atoms with van der Waals surface area (Å²) in [5, 5.41) is 3.01. The van der Waals surface area contributed by atoms with E-state index in [4.69, 9.17) is 19.2 Å². The quantitative estimate of drug-likeness (QED) is 0.314. The van der Waals surface area contributed by atoms with E-state index >= 15 is 0 Å². The Morgan fingerprint density at radius 2 is 1.97 bits per heavy atom. The maximum atomic E-state index is 12.8. The van der Waals surface area contributed by atoms with E-state index in [1.807, 2.05) is 48.7 Å². The van der Waals surface area contributed by atoms with Gasteiger partial charge in [0, 0.05) is 24.0 Å². The standard InChI is InChI=1S/C26H28N2O5S/c1-3-11-31-12-13-32-25(29)16-28-22-15-20(9-10-23(22)33-18(2)26(28)30)21-17-34-24(27-21)14-19-7-5-4-6-8-19/h4-10,15,17-18H,3,11-14,16H2,1-2H3. The largest absolute Gasteiger partial charge is 0.479 e. The number of carbonyl (C=O) groups excluding carboxylic acids is 2. The van der Waals surface area contributed by atoms with Crippen molar-refractivity contribution in [3.05, 3.63) is 64.5 Å². The van der Waals surface area contributed by atoms with Crippen LogP contribution in [-0.4, -0.2) is 49.3 Å². The Labute approximate surface area is 203 Å². The molecule has 0 aliphatic carbocycles. The van der Waals surface area contributed by atoms with Gasteiger partial charge in [0.15, 0.2) is 6.10 Å². The Hall–Kier alpha value is -3.23. The van der Waals surface area contributed by atoms with E-state index in [2.05, 4.69) is 12.1 Å². The highest BCUT2D eigenvalue weighted by atomic mass is 32.1. The summed E-state index contributed by atoms with van der Waals surface area (Å²) in [6.07, 6.45) is 0.978.